The van der Waals surface area contributed by atoms with Crippen LogP contribution in [0.2, 0.25) is 0 Å². The van der Waals surface area contributed by atoms with Gasteiger partial charge in [0.25, 0.3) is 5.24 Å². The Morgan fingerprint density at radius 1 is 0.875 bits per heavy atom. The van der Waals surface area contributed by atoms with E-state index in [0.717, 1.165) is 80.2 Å². The number of halogens is 3. The van der Waals surface area contributed by atoms with Crippen LogP contribution in [0.4, 0.5) is 0 Å². The fraction of sp³-hybridized carbons (Fsp3) is 0.481. The molecule has 0 bridgehead atoms. The van der Waals surface area contributed by atoms with Gasteiger partial charge in [-0.15, -0.1) is 0 Å². The van der Waals surface area contributed by atoms with E-state index in [2.05, 4.69) is 66.8 Å². The van der Waals surface area contributed by atoms with E-state index in [1.54, 1.807) is 24.3 Å². The lowest BCUT2D eigenvalue weighted by Crippen LogP contribution is -2.38. The molecule has 4 rings (SSSR count). The summed E-state index contributed by atoms with van der Waals surface area (Å²) in [6, 6.07) is 14.5. The standard InChI is InChI=1S/C13H16INO3.C7H4ClIO.C6H13NO2.CH3PS/c14-12-3-1-11(2-4-12)13(16)18-10-7-15-5-8-17-9-6-15;8-7(10)5-1-3-6(9)4-2-5;8-4-1-7-2-5-9-6-3-7;1-2-3/h1-4H,5-10H2;1-4H;8H,1-6H2;1H3. The molecule has 2 aromatic rings. The molecule has 2 aliphatic rings. The van der Waals surface area contributed by atoms with Crippen LogP contribution in [0.5, 0.6) is 0 Å². The molecule has 0 unspecified atom stereocenters. The van der Waals surface area contributed by atoms with Crippen LogP contribution in [0.1, 0.15) is 20.7 Å². The van der Waals surface area contributed by atoms with Gasteiger partial charge in [0.1, 0.15) is 6.61 Å². The summed E-state index contributed by atoms with van der Waals surface area (Å²) in [7, 11) is 1.00. The van der Waals surface area contributed by atoms with Gasteiger partial charge in [-0.2, -0.15) is 0 Å². The molecule has 0 atom stereocenters. The van der Waals surface area contributed by atoms with Gasteiger partial charge in [-0.25, -0.2) is 4.79 Å². The van der Waals surface area contributed by atoms with Crippen molar-refractivity contribution < 1.29 is 28.9 Å². The molecule has 222 valence electrons. The Hall–Kier alpha value is -0.350. The molecular weight excluding hydrogens is 801 g/mol. The van der Waals surface area contributed by atoms with Crippen LogP contribution in [-0.2, 0) is 26.0 Å². The number of hydrogen-bond donors (Lipinski definition) is 1. The minimum atomic E-state index is -0.406. The minimum Gasteiger partial charge on any atom is -0.461 e. The molecule has 0 aromatic heterocycles. The average Bonchev–Trinajstić information content (AvgIpc) is 2.96. The molecule has 0 spiro atoms. The second-order valence-corrected chi connectivity index (χ2v) is 12.5. The van der Waals surface area contributed by atoms with E-state index in [4.69, 9.17) is 30.9 Å². The smallest absolute Gasteiger partial charge is 0.338 e. The summed E-state index contributed by atoms with van der Waals surface area (Å²) in [6.45, 7) is 11.1. The van der Waals surface area contributed by atoms with E-state index in [9.17, 15) is 9.59 Å². The molecule has 0 aliphatic carbocycles. The predicted octanol–water partition coefficient (Wildman–Crippen LogP) is 4.79. The molecule has 0 saturated carbocycles. The molecule has 2 fully saturated rings. The van der Waals surface area contributed by atoms with Gasteiger partial charge in [0.2, 0.25) is 0 Å². The first-order valence-corrected chi connectivity index (χ1v) is 17.5. The van der Waals surface area contributed by atoms with E-state index < -0.39 is 5.24 Å². The number of nitrogens with zero attached hydrogens (tertiary/aromatic N) is 2. The highest BCUT2D eigenvalue weighted by atomic mass is 127. The normalized spacial score (nSPS) is 15.3. The van der Waals surface area contributed by atoms with E-state index in [-0.39, 0.29) is 12.6 Å². The lowest BCUT2D eigenvalue weighted by molar-refractivity contribution is 0.0195. The summed E-state index contributed by atoms with van der Waals surface area (Å²) in [5, 5.41) is 8.13. The second kappa shape index (κ2) is 24.1. The van der Waals surface area contributed by atoms with Gasteiger partial charge < -0.3 is 19.3 Å². The highest BCUT2D eigenvalue weighted by Crippen LogP contribution is 2.09. The third-order valence-corrected chi connectivity index (χ3v) is 7.07. The fourth-order valence-electron chi connectivity index (χ4n) is 3.31. The zero-order valence-electron chi connectivity index (χ0n) is 22.5. The van der Waals surface area contributed by atoms with Gasteiger partial charge in [0.15, 0.2) is 0 Å². The maximum absolute atomic E-state index is 11.7. The number of esters is 1. The summed E-state index contributed by atoms with van der Waals surface area (Å²) >= 11 is 14.0. The van der Waals surface area contributed by atoms with Gasteiger partial charge in [-0.05, 0) is 119 Å². The maximum Gasteiger partial charge on any atom is 0.338 e. The number of β-amino-alcohol motifs (C(OH)–C–C–N with tert-alkyl or cyclic N) is 1. The average molecular weight is 837 g/mol. The molecule has 2 aliphatic heterocycles. The number of aliphatic hydroxyl groups is 1. The summed E-state index contributed by atoms with van der Waals surface area (Å²) in [5.41, 5.74) is 1.15. The van der Waals surface area contributed by atoms with Crippen LogP contribution in [0.3, 0.4) is 0 Å². The van der Waals surface area contributed by atoms with Gasteiger partial charge >= 0.3 is 5.97 Å². The van der Waals surface area contributed by atoms with Crippen molar-refractivity contribution >= 4 is 87.2 Å². The van der Waals surface area contributed by atoms with Crippen molar-refractivity contribution in [3.8, 4) is 0 Å². The summed E-state index contributed by atoms with van der Waals surface area (Å²) in [5.74, 6) is -0.250. The summed E-state index contributed by atoms with van der Waals surface area (Å²) in [6.07, 6.45) is 0. The van der Waals surface area contributed by atoms with Crippen LogP contribution < -0.4 is 0 Å². The molecule has 0 amide bonds. The number of aliphatic hydroxyl groups excluding tert-OH is 1. The molecular formula is C27H36ClI2N2O6PS. The first-order chi connectivity index (χ1) is 19.3. The van der Waals surface area contributed by atoms with Crippen molar-refractivity contribution in [3.63, 3.8) is 0 Å². The van der Waals surface area contributed by atoms with Crippen molar-refractivity contribution in [1.82, 2.24) is 9.80 Å². The van der Waals surface area contributed by atoms with E-state index >= 15 is 0 Å². The van der Waals surface area contributed by atoms with Crippen molar-refractivity contribution in [1.29, 1.82) is 0 Å². The number of rotatable bonds is 7. The van der Waals surface area contributed by atoms with Gasteiger partial charge in [0.05, 0.1) is 38.6 Å². The lowest BCUT2D eigenvalue weighted by Gasteiger charge is -2.26. The first-order valence-electron chi connectivity index (χ1n) is 12.6. The van der Waals surface area contributed by atoms with Gasteiger partial charge in [0, 0.05) is 52.0 Å². The van der Waals surface area contributed by atoms with Crippen LogP contribution in [0.15, 0.2) is 48.5 Å². The number of carbonyl (C=O) groups excluding carboxylic acids is 2. The SMILES string of the molecule is CP=S.O=C(Cl)c1ccc(I)cc1.O=C(OCCN1CCOCC1)c1ccc(I)cc1.OCCN1CCOCC1. The highest BCUT2D eigenvalue weighted by molar-refractivity contribution is 14.1. The van der Waals surface area contributed by atoms with Gasteiger partial charge in [-0.3, -0.25) is 14.6 Å². The molecule has 1 N–H and O–H groups in total. The number of hydrogen-bond acceptors (Lipinski definition) is 9. The minimum absolute atomic E-state index is 0.250. The third-order valence-electron chi connectivity index (χ3n) is 5.42. The van der Waals surface area contributed by atoms with E-state index in [0.29, 0.717) is 17.7 Å². The Labute approximate surface area is 276 Å². The molecule has 13 heteroatoms. The lowest BCUT2D eigenvalue weighted by atomic mass is 10.2. The number of morpholine rings is 2. The van der Waals surface area contributed by atoms with Crippen LogP contribution in [0, 0.1) is 7.14 Å². The largest absolute Gasteiger partial charge is 0.461 e. The van der Waals surface area contributed by atoms with Crippen molar-refractivity contribution in [2.24, 2.45) is 0 Å². The van der Waals surface area contributed by atoms with Crippen LogP contribution in [0.25, 0.3) is 0 Å². The third kappa shape index (κ3) is 18.2. The summed E-state index contributed by atoms with van der Waals surface area (Å²) < 4.78 is 17.8. The maximum atomic E-state index is 11.7. The zero-order valence-corrected chi connectivity index (χ0v) is 29.3. The molecule has 2 saturated heterocycles. The van der Waals surface area contributed by atoms with Crippen molar-refractivity contribution in [2.75, 3.05) is 85.6 Å². The zero-order chi connectivity index (χ0) is 29.6. The Bertz CT molecular complexity index is 977. The Balaban J connectivity index is 0.000000308. The molecule has 8 nitrogen and oxygen atoms in total. The van der Waals surface area contributed by atoms with Crippen LogP contribution >= 0.6 is 64.1 Å². The second-order valence-electron chi connectivity index (χ2n) is 8.24. The topological polar surface area (TPSA) is 88.5 Å². The fourth-order valence-corrected chi connectivity index (χ4v) is 4.15. The Morgan fingerprint density at radius 3 is 1.68 bits per heavy atom. The molecule has 0 radical (unpaired) electrons. The molecule has 2 aromatic carbocycles. The van der Waals surface area contributed by atoms with Crippen molar-refractivity contribution in [3.05, 3.63) is 66.8 Å². The highest BCUT2D eigenvalue weighted by Gasteiger charge is 2.12. The van der Waals surface area contributed by atoms with Crippen LogP contribution in [-0.4, -0.2) is 112 Å². The number of ether oxygens (including phenoxy) is 3. The number of carbonyl (C=O) groups is 2. The van der Waals surface area contributed by atoms with Crippen molar-refractivity contribution in [2.45, 2.75) is 0 Å². The monoisotopic (exact) mass is 836 g/mol. The first kappa shape index (κ1) is 37.7. The quantitative estimate of drug-likeness (QED) is 0.183. The molecule has 40 heavy (non-hydrogen) atoms. The van der Waals surface area contributed by atoms with Gasteiger partial charge in [-0.1, -0.05) is 11.8 Å². The molecule has 2 heterocycles. The Kier molecular flexibility index (Phi) is 22.7. The summed E-state index contributed by atoms with van der Waals surface area (Å²) in [4.78, 5) is 26.7. The number of benzene rings is 2. The van der Waals surface area contributed by atoms with E-state index in [1.165, 1.54) is 0 Å². The van der Waals surface area contributed by atoms with E-state index in [1.807, 2.05) is 30.9 Å². The predicted molar refractivity (Wildman–Crippen MR) is 181 cm³/mol. The Morgan fingerprint density at radius 2 is 1.27 bits per heavy atom.